The Morgan fingerprint density at radius 1 is 1.53 bits per heavy atom. The maximum atomic E-state index is 5.69. The van der Waals surface area contributed by atoms with E-state index in [1.165, 1.54) is 5.56 Å². The minimum Gasteiger partial charge on any atom is -0.489 e. The van der Waals surface area contributed by atoms with E-state index in [9.17, 15) is 0 Å². The molecule has 3 heteroatoms. The summed E-state index contributed by atoms with van der Waals surface area (Å²) in [5.41, 5.74) is 2.47. The van der Waals surface area contributed by atoms with Gasteiger partial charge in [0, 0.05) is 6.54 Å². The average molecular weight is 206 g/mol. The van der Waals surface area contributed by atoms with Crippen LogP contribution in [-0.4, -0.2) is 26.2 Å². The topological polar surface area (TPSA) is 33.3 Å². The molecule has 0 fully saturated rings. The first-order chi connectivity index (χ1) is 7.33. The van der Waals surface area contributed by atoms with E-state index >= 15 is 0 Å². The third-order valence-corrected chi connectivity index (χ3v) is 2.70. The first kappa shape index (κ1) is 10.3. The van der Waals surface area contributed by atoms with Gasteiger partial charge in [0.25, 0.3) is 0 Å². The minimum absolute atomic E-state index is 0.370. The van der Waals surface area contributed by atoms with Crippen molar-refractivity contribution in [2.75, 3.05) is 25.5 Å². The summed E-state index contributed by atoms with van der Waals surface area (Å²) in [5, 5.41) is 6.64. The first-order valence-corrected chi connectivity index (χ1v) is 5.50. The lowest BCUT2D eigenvalue weighted by Gasteiger charge is -2.27. The maximum Gasteiger partial charge on any atom is 0.142 e. The Morgan fingerprint density at radius 3 is 3.13 bits per heavy atom. The number of rotatable bonds is 3. The SMILES string of the molecule is CCc1ccc2c(c1)NC(CNC)CO2. The van der Waals surface area contributed by atoms with Gasteiger partial charge in [-0.05, 0) is 31.2 Å². The van der Waals surface area contributed by atoms with Crippen LogP contribution >= 0.6 is 0 Å². The molecule has 2 rings (SSSR count). The predicted octanol–water partition coefficient (Wildman–Crippen LogP) is 1.64. The normalized spacial score (nSPS) is 18.9. The highest BCUT2D eigenvalue weighted by atomic mass is 16.5. The van der Waals surface area contributed by atoms with Gasteiger partial charge in [0.15, 0.2) is 0 Å². The molecule has 3 nitrogen and oxygen atoms in total. The zero-order valence-electron chi connectivity index (χ0n) is 9.34. The molecule has 1 aliphatic heterocycles. The molecule has 0 radical (unpaired) electrons. The van der Waals surface area contributed by atoms with Gasteiger partial charge in [-0.3, -0.25) is 0 Å². The Hall–Kier alpha value is -1.22. The molecule has 2 N–H and O–H groups in total. The molecule has 0 aromatic heterocycles. The minimum atomic E-state index is 0.370. The Kier molecular flexibility index (Phi) is 3.11. The summed E-state index contributed by atoms with van der Waals surface area (Å²) in [7, 11) is 1.96. The number of benzene rings is 1. The smallest absolute Gasteiger partial charge is 0.142 e. The zero-order valence-corrected chi connectivity index (χ0v) is 9.34. The fourth-order valence-electron chi connectivity index (χ4n) is 1.84. The van der Waals surface area contributed by atoms with E-state index in [0.717, 1.165) is 31.0 Å². The van der Waals surface area contributed by atoms with Gasteiger partial charge >= 0.3 is 0 Å². The molecule has 0 spiro atoms. The van der Waals surface area contributed by atoms with Crippen LogP contribution in [0.25, 0.3) is 0 Å². The standard InChI is InChI=1S/C12H18N2O/c1-3-9-4-5-12-11(6-9)14-10(7-13-2)8-15-12/h4-6,10,13-14H,3,7-8H2,1-2H3. The van der Waals surface area contributed by atoms with Crippen molar-refractivity contribution in [3.8, 4) is 5.75 Å². The zero-order chi connectivity index (χ0) is 10.7. The fraction of sp³-hybridized carbons (Fsp3) is 0.500. The molecule has 82 valence electrons. The monoisotopic (exact) mass is 206 g/mol. The average Bonchev–Trinajstić information content (AvgIpc) is 2.28. The quantitative estimate of drug-likeness (QED) is 0.789. The van der Waals surface area contributed by atoms with E-state index in [1.54, 1.807) is 0 Å². The summed E-state index contributed by atoms with van der Waals surface area (Å²) in [6.45, 7) is 3.82. The van der Waals surface area contributed by atoms with E-state index < -0.39 is 0 Å². The van der Waals surface area contributed by atoms with Crippen LogP contribution < -0.4 is 15.4 Å². The van der Waals surface area contributed by atoms with Crippen LogP contribution in [0.2, 0.25) is 0 Å². The highest BCUT2D eigenvalue weighted by Crippen LogP contribution is 2.29. The number of ether oxygens (including phenoxy) is 1. The third-order valence-electron chi connectivity index (χ3n) is 2.70. The number of nitrogens with one attached hydrogen (secondary N) is 2. The molecule has 0 bridgehead atoms. The number of likely N-dealkylation sites (N-methyl/N-ethyl adjacent to an activating group) is 1. The van der Waals surface area contributed by atoms with Crippen LogP contribution in [0.15, 0.2) is 18.2 Å². The molecule has 1 aliphatic rings. The van der Waals surface area contributed by atoms with Crippen LogP contribution in [0, 0.1) is 0 Å². The summed E-state index contributed by atoms with van der Waals surface area (Å²) in [5.74, 6) is 0.972. The van der Waals surface area contributed by atoms with Gasteiger partial charge in [0.2, 0.25) is 0 Å². The molecule has 0 saturated carbocycles. The molecule has 1 aromatic carbocycles. The largest absolute Gasteiger partial charge is 0.489 e. The summed E-state index contributed by atoms with van der Waals surface area (Å²) in [4.78, 5) is 0. The van der Waals surface area contributed by atoms with E-state index in [2.05, 4.69) is 35.8 Å². The van der Waals surface area contributed by atoms with Crippen molar-refractivity contribution in [2.45, 2.75) is 19.4 Å². The Balaban J connectivity index is 2.16. The van der Waals surface area contributed by atoms with E-state index in [0.29, 0.717) is 6.04 Å². The van der Waals surface area contributed by atoms with Crippen molar-refractivity contribution >= 4 is 5.69 Å². The van der Waals surface area contributed by atoms with Crippen LogP contribution in [0.1, 0.15) is 12.5 Å². The first-order valence-electron chi connectivity index (χ1n) is 5.50. The second-order valence-electron chi connectivity index (χ2n) is 3.89. The molecule has 1 atom stereocenters. The van der Waals surface area contributed by atoms with Crippen LogP contribution in [0.3, 0.4) is 0 Å². The van der Waals surface area contributed by atoms with Crippen molar-refractivity contribution in [2.24, 2.45) is 0 Å². The van der Waals surface area contributed by atoms with Crippen molar-refractivity contribution in [1.29, 1.82) is 0 Å². The summed E-state index contributed by atoms with van der Waals surface area (Å²) in [6.07, 6.45) is 1.06. The molecular weight excluding hydrogens is 188 g/mol. The van der Waals surface area contributed by atoms with Crippen molar-refractivity contribution < 1.29 is 4.74 Å². The maximum absolute atomic E-state index is 5.69. The van der Waals surface area contributed by atoms with Crippen LogP contribution in [0.4, 0.5) is 5.69 Å². The molecular formula is C12H18N2O. The van der Waals surface area contributed by atoms with E-state index in [-0.39, 0.29) is 0 Å². The molecule has 1 aromatic rings. The lowest BCUT2D eigenvalue weighted by molar-refractivity contribution is 0.282. The fourth-order valence-corrected chi connectivity index (χ4v) is 1.84. The number of hydrogen-bond donors (Lipinski definition) is 2. The lowest BCUT2D eigenvalue weighted by Crippen LogP contribution is -2.39. The molecule has 0 saturated heterocycles. The molecule has 0 amide bonds. The molecule has 1 unspecified atom stereocenters. The van der Waals surface area contributed by atoms with Gasteiger partial charge < -0.3 is 15.4 Å². The van der Waals surface area contributed by atoms with Crippen LogP contribution in [0.5, 0.6) is 5.75 Å². The second kappa shape index (κ2) is 4.53. The predicted molar refractivity (Wildman–Crippen MR) is 62.7 cm³/mol. The summed E-state index contributed by atoms with van der Waals surface area (Å²) >= 11 is 0. The van der Waals surface area contributed by atoms with E-state index in [4.69, 9.17) is 4.74 Å². The molecule has 15 heavy (non-hydrogen) atoms. The van der Waals surface area contributed by atoms with Crippen molar-refractivity contribution in [3.63, 3.8) is 0 Å². The highest BCUT2D eigenvalue weighted by Gasteiger charge is 2.17. The van der Waals surface area contributed by atoms with Gasteiger partial charge in [-0.1, -0.05) is 13.0 Å². The number of anilines is 1. The third kappa shape index (κ3) is 2.23. The highest BCUT2D eigenvalue weighted by molar-refractivity contribution is 5.60. The van der Waals surface area contributed by atoms with E-state index in [1.807, 2.05) is 7.05 Å². The van der Waals surface area contributed by atoms with Gasteiger partial charge in [-0.15, -0.1) is 0 Å². The number of aryl methyl sites for hydroxylation is 1. The van der Waals surface area contributed by atoms with Gasteiger partial charge in [0.05, 0.1) is 11.7 Å². The van der Waals surface area contributed by atoms with Crippen molar-refractivity contribution in [1.82, 2.24) is 5.32 Å². The molecule has 1 heterocycles. The van der Waals surface area contributed by atoms with Gasteiger partial charge in [-0.2, -0.15) is 0 Å². The van der Waals surface area contributed by atoms with Crippen molar-refractivity contribution in [3.05, 3.63) is 23.8 Å². The molecule has 0 aliphatic carbocycles. The van der Waals surface area contributed by atoms with Gasteiger partial charge in [-0.25, -0.2) is 0 Å². The second-order valence-corrected chi connectivity index (χ2v) is 3.89. The Morgan fingerprint density at radius 2 is 2.40 bits per heavy atom. The Bertz CT molecular complexity index is 338. The summed E-state index contributed by atoms with van der Waals surface area (Å²) < 4.78 is 5.69. The van der Waals surface area contributed by atoms with Gasteiger partial charge in [0.1, 0.15) is 12.4 Å². The summed E-state index contributed by atoms with van der Waals surface area (Å²) in [6, 6.07) is 6.72. The lowest BCUT2D eigenvalue weighted by atomic mass is 10.1. The number of hydrogen-bond acceptors (Lipinski definition) is 3. The van der Waals surface area contributed by atoms with Crippen LogP contribution in [-0.2, 0) is 6.42 Å². The number of fused-ring (bicyclic) bond motifs is 1. The Labute approximate surface area is 90.8 Å².